The van der Waals surface area contributed by atoms with E-state index in [9.17, 15) is 0 Å². The van der Waals surface area contributed by atoms with E-state index in [2.05, 4.69) is 134 Å². The molecule has 4 atom stereocenters. The third kappa shape index (κ3) is 3.48. The molecule has 2 aliphatic carbocycles. The molecule has 0 saturated carbocycles. The van der Waals surface area contributed by atoms with Crippen molar-refractivity contribution >= 4 is 60.2 Å². The van der Waals surface area contributed by atoms with Crippen molar-refractivity contribution < 1.29 is 0 Å². The molecule has 8 aromatic rings. The summed E-state index contributed by atoms with van der Waals surface area (Å²) in [6.45, 7) is 9.39. The lowest BCUT2D eigenvalue weighted by molar-refractivity contribution is 0.506. The summed E-state index contributed by atoms with van der Waals surface area (Å²) < 4.78 is 4.85. The second-order valence-corrected chi connectivity index (χ2v) is 14.6. The maximum Gasteiger partial charge on any atom is 0.238 e. The van der Waals surface area contributed by atoms with Gasteiger partial charge in [0.15, 0.2) is 5.82 Å². The molecule has 1 aliphatic heterocycles. The molecule has 4 bridgehead atoms. The van der Waals surface area contributed by atoms with Crippen LogP contribution in [0.5, 0.6) is 0 Å². The highest BCUT2D eigenvalue weighted by atomic mass is 15.2. The Hall–Kier alpha value is -5.88. The summed E-state index contributed by atoms with van der Waals surface area (Å²) in [5.74, 6) is 2.59. The fraction of sp³-hybridized carbons (Fsp3) is 0.182. The van der Waals surface area contributed by atoms with Crippen LogP contribution in [-0.2, 0) is 5.41 Å². The summed E-state index contributed by atoms with van der Waals surface area (Å²) in [6.07, 6.45) is 7.24. The van der Waals surface area contributed by atoms with Gasteiger partial charge >= 0.3 is 0 Å². The van der Waals surface area contributed by atoms with Gasteiger partial charge in [-0.25, -0.2) is 9.97 Å². The number of fused-ring (bicyclic) bond motifs is 13. The fourth-order valence-electron chi connectivity index (χ4n) is 9.52. The number of aromatic nitrogens is 6. The van der Waals surface area contributed by atoms with Crippen molar-refractivity contribution in [2.75, 3.05) is 0 Å². The first-order valence-corrected chi connectivity index (χ1v) is 17.6. The van der Waals surface area contributed by atoms with Crippen LogP contribution < -0.4 is 0 Å². The van der Waals surface area contributed by atoms with E-state index in [1.807, 2.05) is 18.2 Å². The van der Waals surface area contributed by atoms with Gasteiger partial charge in [-0.1, -0.05) is 117 Å². The zero-order chi connectivity index (χ0) is 33.5. The number of hydrogen-bond donors (Lipinski definition) is 0. The minimum atomic E-state index is -0.570. The molecule has 6 heteroatoms. The minimum Gasteiger partial charge on any atom is -0.311 e. The smallest absolute Gasteiger partial charge is 0.238 e. The number of pyridine rings is 1. The Labute approximate surface area is 289 Å². The highest BCUT2D eigenvalue weighted by Gasteiger charge is 2.45. The van der Waals surface area contributed by atoms with Crippen molar-refractivity contribution in [1.82, 2.24) is 29.1 Å². The molecule has 0 radical (unpaired) electrons. The zero-order valence-corrected chi connectivity index (χ0v) is 28.4. The van der Waals surface area contributed by atoms with Gasteiger partial charge in [-0.15, -0.1) is 0 Å². The predicted octanol–water partition coefficient (Wildman–Crippen LogP) is 10.2. The van der Waals surface area contributed by atoms with E-state index in [4.69, 9.17) is 19.9 Å². The summed E-state index contributed by atoms with van der Waals surface area (Å²) in [6, 6.07) is 34.5. The lowest BCUT2D eigenvalue weighted by atomic mass is 9.62. The predicted molar refractivity (Wildman–Crippen MR) is 203 cm³/mol. The van der Waals surface area contributed by atoms with Crippen LogP contribution in [0.3, 0.4) is 0 Å². The number of benzene rings is 4. The van der Waals surface area contributed by atoms with Crippen LogP contribution in [0.15, 0.2) is 126 Å². The van der Waals surface area contributed by atoms with E-state index in [1.165, 1.54) is 49.4 Å². The van der Waals surface area contributed by atoms with Crippen LogP contribution in [0.4, 0.5) is 0 Å². The van der Waals surface area contributed by atoms with Gasteiger partial charge in [-0.05, 0) is 48.6 Å². The summed E-state index contributed by atoms with van der Waals surface area (Å²) >= 11 is 0. The average Bonchev–Trinajstić information content (AvgIpc) is 3.66. The van der Waals surface area contributed by atoms with Crippen molar-refractivity contribution in [3.63, 3.8) is 0 Å². The molecular formula is C44H34N6. The Bertz CT molecular complexity index is 2900. The number of allylic oxidation sites excluding steroid dienone is 6. The molecule has 4 unspecified atom stereocenters. The third-order valence-corrected chi connectivity index (χ3v) is 11.7. The van der Waals surface area contributed by atoms with Crippen molar-refractivity contribution in [3.8, 4) is 17.5 Å². The summed E-state index contributed by atoms with van der Waals surface area (Å²) in [5, 5.41) is 5.91. The molecule has 50 heavy (non-hydrogen) atoms. The van der Waals surface area contributed by atoms with Crippen molar-refractivity contribution in [3.05, 3.63) is 132 Å². The highest BCUT2D eigenvalue weighted by Crippen LogP contribution is 2.53. The van der Waals surface area contributed by atoms with Gasteiger partial charge in [0.05, 0.1) is 33.0 Å². The summed E-state index contributed by atoms with van der Waals surface area (Å²) in [4.78, 5) is 21.3. The maximum absolute atomic E-state index is 5.51. The van der Waals surface area contributed by atoms with Gasteiger partial charge in [-0.2, -0.15) is 9.97 Å². The van der Waals surface area contributed by atoms with Gasteiger partial charge in [0.1, 0.15) is 11.5 Å². The normalized spacial score (nSPS) is 22.6. The number of nitrogens with zero attached hydrogens (tertiary/aromatic N) is 6. The first kappa shape index (κ1) is 28.0. The van der Waals surface area contributed by atoms with Crippen LogP contribution >= 0.6 is 0 Å². The van der Waals surface area contributed by atoms with Crippen molar-refractivity contribution in [2.24, 2.45) is 17.8 Å². The minimum absolute atomic E-state index is 0.103. The van der Waals surface area contributed by atoms with Gasteiger partial charge in [0, 0.05) is 38.5 Å². The van der Waals surface area contributed by atoms with E-state index in [1.54, 1.807) is 0 Å². The molecule has 4 aromatic carbocycles. The van der Waals surface area contributed by atoms with Crippen molar-refractivity contribution in [2.45, 2.75) is 33.1 Å². The second kappa shape index (κ2) is 9.63. The monoisotopic (exact) mass is 646 g/mol. The molecule has 5 heterocycles. The van der Waals surface area contributed by atoms with Crippen LogP contribution in [0.25, 0.3) is 77.7 Å². The molecule has 0 N–H and O–H groups in total. The summed E-state index contributed by atoms with van der Waals surface area (Å²) in [5.41, 5.74) is 9.82. The van der Waals surface area contributed by atoms with E-state index in [0.717, 1.165) is 33.5 Å². The van der Waals surface area contributed by atoms with E-state index < -0.39 is 5.41 Å². The number of rotatable bonds is 1. The van der Waals surface area contributed by atoms with E-state index >= 15 is 0 Å². The molecule has 0 amide bonds. The Morgan fingerprint density at radius 1 is 0.620 bits per heavy atom. The standard InChI is InChI=1S/C44H34N6/c1-24-21-22-44(4)38-26(3)36(23-25(2)37(24)38)49-34-15-9-6-12-28(34)30-18-19-31-29-13-7-10-16-35(29)50(40(31)39(30)49)43-47-41(46-42(44)48-43)33-20-17-27-11-5-8-14-32(27)45-33/h5-26H,1-4H3. The average molecular weight is 647 g/mol. The lowest BCUT2D eigenvalue weighted by Gasteiger charge is -2.44. The molecule has 0 saturated heterocycles. The molecule has 3 aliphatic rings. The number of para-hydroxylation sites is 3. The van der Waals surface area contributed by atoms with Crippen LogP contribution in [0.2, 0.25) is 0 Å². The third-order valence-electron chi connectivity index (χ3n) is 11.7. The Balaban J connectivity index is 1.38. The van der Waals surface area contributed by atoms with Crippen LogP contribution in [0.1, 0.15) is 33.5 Å². The molecule has 0 fully saturated rings. The van der Waals surface area contributed by atoms with E-state index in [0.29, 0.717) is 17.7 Å². The topological polar surface area (TPSA) is 61.4 Å². The zero-order valence-electron chi connectivity index (χ0n) is 28.4. The van der Waals surface area contributed by atoms with Gasteiger partial charge in [-0.3, -0.25) is 4.57 Å². The Kier molecular flexibility index (Phi) is 5.40. The molecular weight excluding hydrogens is 613 g/mol. The molecule has 0 spiro atoms. The van der Waals surface area contributed by atoms with Crippen LogP contribution in [0, 0.1) is 17.8 Å². The Morgan fingerprint density at radius 3 is 2.08 bits per heavy atom. The molecule has 6 nitrogen and oxygen atoms in total. The molecule has 11 rings (SSSR count). The van der Waals surface area contributed by atoms with Crippen LogP contribution in [-0.4, -0.2) is 29.1 Å². The first-order chi connectivity index (χ1) is 24.4. The Morgan fingerprint density at radius 2 is 1.30 bits per heavy atom. The highest BCUT2D eigenvalue weighted by molar-refractivity contribution is 6.24. The van der Waals surface area contributed by atoms with E-state index in [-0.39, 0.29) is 11.8 Å². The lowest BCUT2D eigenvalue weighted by Crippen LogP contribution is -2.37. The molecule has 4 aromatic heterocycles. The summed E-state index contributed by atoms with van der Waals surface area (Å²) in [7, 11) is 0. The maximum atomic E-state index is 5.51. The molecule has 240 valence electrons. The second-order valence-electron chi connectivity index (χ2n) is 14.6. The SMILES string of the molecule is CC1C=CC2(C)C3=C1C(C)C=C(C3C)n1c3ccccc3c3ccc4c5ccccc5n(c4c31)-c1nc(-c3ccc4ccccc4n3)nc2n1. The fourth-order valence-corrected chi connectivity index (χ4v) is 9.52. The van der Waals surface area contributed by atoms with Gasteiger partial charge < -0.3 is 4.57 Å². The first-order valence-electron chi connectivity index (χ1n) is 17.6. The van der Waals surface area contributed by atoms with Gasteiger partial charge in [0.25, 0.3) is 0 Å². The van der Waals surface area contributed by atoms with Gasteiger partial charge in [0.2, 0.25) is 5.95 Å². The largest absolute Gasteiger partial charge is 0.311 e. The number of hydrogen-bond acceptors (Lipinski definition) is 4. The quantitative estimate of drug-likeness (QED) is 0.167. The van der Waals surface area contributed by atoms with Crippen molar-refractivity contribution in [1.29, 1.82) is 0 Å².